The molecule has 0 atom stereocenters. The average Bonchev–Trinajstić information content (AvgIpc) is 2.87. The van der Waals surface area contributed by atoms with E-state index >= 15 is 0 Å². The van der Waals surface area contributed by atoms with Crippen LogP contribution in [-0.4, -0.2) is 36.1 Å². The van der Waals surface area contributed by atoms with Gasteiger partial charge in [0.25, 0.3) is 5.91 Å². The van der Waals surface area contributed by atoms with Crippen molar-refractivity contribution >= 4 is 29.1 Å². The molecule has 216 valence electrons. The zero-order valence-electron chi connectivity index (χ0n) is 24.3. The van der Waals surface area contributed by atoms with E-state index in [1.807, 2.05) is 18.2 Å². The highest BCUT2D eigenvalue weighted by molar-refractivity contribution is 6.32. The Hall–Kier alpha value is -3.58. The van der Waals surface area contributed by atoms with Crippen LogP contribution in [0.5, 0.6) is 11.5 Å². The number of nitrogens with two attached hydrogens (primary N) is 1. The van der Waals surface area contributed by atoms with Gasteiger partial charge in [0.1, 0.15) is 0 Å². The number of halogens is 1. The third kappa shape index (κ3) is 5.65. The Balaban J connectivity index is 1.75. The van der Waals surface area contributed by atoms with Crippen LogP contribution in [0.3, 0.4) is 0 Å². The van der Waals surface area contributed by atoms with Crippen molar-refractivity contribution in [1.82, 2.24) is 4.90 Å². The van der Waals surface area contributed by atoms with Crippen molar-refractivity contribution in [2.75, 3.05) is 13.7 Å². The van der Waals surface area contributed by atoms with Gasteiger partial charge in [-0.1, -0.05) is 69.6 Å². The minimum Gasteiger partial charge on any atom is -0.493 e. The first-order valence-corrected chi connectivity index (χ1v) is 14.3. The molecule has 2 aromatic rings. The summed E-state index contributed by atoms with van der Waals surface area (Å²) in [6.07, 6.45) is 2.17. The first-order valence-electron chi connectivity index (χ1n) is 13.9. The summed E-state index contributed by atoms with van der Waals surface area (Å²) in [5.41, 5.74) is 9.83. The second-order valence-corrected chi connectivity index (χ2v) is 13.3. The van der Waals surface area contributed by atoms with Crippen molar-refractivity contribution in [2.24, 2.45) is 16.6 Å². The fourth-order valence-corrected chi connectivity index (χ4v) is 6.80. The summed E-state index contributed by atoms with van der Waals surface area (Å²) in [5, 5.41) is 0.212. The Morgan fingerprint density at radius 1 is 0.951 bits per heavy atom. The van der Waals surface area contributed by atoms with Crippen LogP contribution in [0.2, 0.25) is 5.02 Å². The highest BCUT2D eigenvalue weighted by Gasteiger charge is 2.49. The maximum absolute atomic E-state index is 14.1. The molecule has 2 aromatic carbocycles. The van der Waals surface area contributed by atoms with Crippen LogP contribution in [0, 0.1) is 10.8 Å². The molecule has 0 bridgehead atoms. The molecule has 0 radical (unpaired) electrons. The van der Waals surface area contributed by atoms with E-state index in [-0.39, 0.29) is 39.8 Å². The normalized spacial score (nSPS) is 20.1. The fraction of sp³-hybridized carbons (Fsp3) is 0.424. The number of Topliss-reactive ketones (excluding diaryl/α,β-unsaturated/α-hetero) is 2. The van der Waals surface area contributed by atoms with Crippen LogP contribution in [0.1, 0.15) is 70.4 Å². The van der Waals surface area contributed by atoms with Crippen LogP contribution >= 0.6 is 11.6 Å². The number of amides is 1. The fourth-order valence-electron chi connectivity index (χ4n) is 6.53. The highest BCUT2D eigenvalue weighted by atomic mass is 35.5. The summed E-state index contributed by atoms with van der Waals surface area (Å²) >= 11 is 6.70. The second-order valence-electron chi connectivity index (χ2n) is 12.9. The van der Waals surface area contributed by atoms with Gasteiger partial charge in [0.05, 0.1) is 12.1 Å². The second kappa shape index (κ2) is 10.7. The van der Waals surface area contributed by atoms with Crippen LogP contribution in [-0.2, 0) is 20.9 Å². The summed E-state index contributed by atoms with van der Waals surface area (Å²) < 4.78 is 11.2. The Morgan fingerprint density at radius 2 is 1.51 bits per heavy atom. The van der Waals surface area contributed by atoms with E-state index in [1.54, 1.807) is 12.1 Å². The summed E-state index contributed by atoms with van der Waals surface area (Å²) in [5.74, 6) is -0.671. The Morgan fingerprint density at radius 3 is 2.02 bits per heavy atom. The molecule has 3 aliphatic rings. The number of hydrogen-bond donors (Lipinski definition) is 1. The van der Waals surface area contributed by atoms with Crippen molar-refractivity contribution in [3.8, 4) is 11.5 Å². The van der Waals surface area contributed by atoms with Gasteiger partial charge in [-0.05, 0) is 46.9 Å². The zero-order valence-corrected chi connectivity index (χ0v) is 25.1. The number of carbonyl (C=O) groups is 3. The van der Waals surface area contributed by atoms with Gasteiger partial charge in [-0.3, -0.25) is 14.4 Å². The molecule has 0 saturated carbocycles. The summed E-state index contributed by atoms with van der Waals surface area (Å²) in [7, 11) is 1.48. The smallest absolute Gasteiger partial charge is 0.255 e. The van der Waals surface area contributed by atoms with Crippen molar-refractivity contribution in [1.29, 1.82) is 0 Å². The number of ether oxygens (including phenoxy) is 2. The van der Waals surface area contributed by atoms with Crippen molar-refractivity contribution < 1.29 is 23.9 Å². The van der Waals surface area contributed by atoms with Crippen molar-refractivity contribution in [3.63, 3.8) is 0 Å². The molecule has 7 nitrogen and oxygen atoms in total. The van der Waals surface area contributed by atoms with E-state index in [0.717, 1.165) is 17.0 Å². The molecule has 0 fully saturated rings. The van der Waals surface area contributed by atoms with Gasteiger partial charge < -0.3 is 20.1 Å². The Labute approximate surface area is 246 Å². The molecule has 0 unspecified atom stereocenters. The number of nitrogens with zero attached hydrogens (tertiary/aromatic N) is 1. The quantitative estimate of drug-likeness (QED) is 0.428. The Bertz CT molecular complexity index is 1430. The Kier molecular flexibility index (Phi) is 7.53. The maximum Gasteiger partial charge on any atom is 0.255 e. The monoisotopic (exact) mass is 576 g/mol. The molecule has 0 saturated heterocycles. The molecule has 2 N–H and O–H groups in total. The van der Waals surface area contributed by atoms with Gasteiger partial charge in [0, 0.05) is 47.8 Å². The van der Waals surface area contributed by atoms with Gasteiger partial charge in [-0.25, -0.2) is 0 Å². The molecule has 2 aliphatic carbocycles. The summed E-state index contributed by atoms with van der Waals surface area (Å²) in [6, 6.07) is 13.6. The minimum atomic E-state index is -0.645. The molecule has 1 heterocycles. The zero-order chi connectivity index (χ0) is 29.7. The average molecular weight is 577 g/mol. The van der Waals surface area contributed by atoms with Crippen molar-refractivity contribution in [2.45, 2.75) is 65.8 Å². The third-order valence-electron chi connectivity index (χ3n) is 8.15. The molecule has 5 rings (SSSR count). The first kappa shape index (κ1) is 28.9. The van der Waals surface area contributed by atoms with Crippen LogP contribution in [0.4, 0.5) is 0 Å². The lowest BCUT2D eigenvalue weighted by Crippen LogP contribution is -2.44. The van der Waals surface area contributed by atoms with E-state index < -0.39 is 11.8 Å². The van der Waals surface area contributed by atoms with Crippen LogP contribution in [0.25, 0.3) is 0 Å². The number of allylic oxidation sites excluding steroid dienone is 4. The molecular weight excluding hydrogens is 540 g/mol. The molecule has 1 aliphatic heterocycles. The first-order chi connectivity index (χ1) is 19.3. The molecule has 0 spiro atoms. The largest absolute Gasteiger partial charge is 0.493 e. The predicted molar refractivity (Wildman–Crippen MR) is 158 cm³/mol. The van der Waals surface area contributed by atoms with Gasteiger partial charge in [-0.2, -0.15) is 0 Å². The topological polar surface area (TPSA) is 98.9 Å². The van der Waals surface area contributed by atoms with Crippen LogP contribution in [0.15, 0.2) is 65.0 Å². The maximum atomic E-state index is 14.1. The third-order valence-corrected chi connectivity index (χ3v) is 8.43. The number of rotatable bonds is 7. The van der Waals surface area contributed by atoms with Gasteiger partial charge >= 0.3 is 0 Å². The van der Waals surface area contributed by atoms with Gasteiger partial charge in [0.2, 0.25) is 0 Å². The van der Waals surface area contributed by atoms with Gasteiger partial charge in [-0.15, -0.1) is 0 Å². The standard InChI is InChI=1S/C33H37ClN2O5/c1-32(2)13-22-29(24(37)15-32)28(20-11-21(34)31(26(12-20)40-5)41-18-27(35)39)30-23(14-33(3,4)16-25(30)38)36(22)17-19-9-7-6-8-10-19/h6-12,28H,13-18H2,1-5H3,(H2,35,39). The number of ketones is 2. The van der Waals surface area contributed by atoms with E-state index in [1.165, 1.54) is 7.11 Å². The molecular formula is C33H37ClN2O5. The van der Waals surface area contributed by atoms with E-state index in [4.69, 9.17) is 26.8 Å². The van der Waals surface area contributed by atoms with E-state index in [9.17, 15) is 14.4 Å². The van der Waals surface area contributed by atoms with Crippen LogP contribution < -0.4 is 15.2 Å². The number of hydrogen-bond acceptors (Lipinski definition) is 6. The lowest BCUT2D eigenvalue weighted by Gasteiger charge is -2.49. The minimum absolute atomic E-state index is 0.0349. The van der Waals surface area contributed by atoms with E-state index in [2.05, 4.69) is 44.7 Å². The number of methoxy groups -OCH3 is 1. The molecule has 41 heavy (non-hydrogen) atoms. The lowest BCUT2D eigenvalue weighted by molar-refractivity contribution is -0.121. The number of primary amides is 1. The number of carbonyl (C=O) groups excluding carboxylic acids is 3. The summed E-state index contributed by atoms with van der Waals surface area (Å²) in [6.45, 7) is 8.69. The molecule has 0 aromatic heterocycles. The predicted octanol–water partition coefficient (Wildman–Crippen LogP) is 6.10. The van der Waals surface area contributed by atoms with E-state index in [0.29, 0.717) is 54.7 Å². The highest BCUT2D eigenvalue weighted by Crippen LogP contribution is 2.55. The molecule has 8 heteroatoms. The lowest BCUT2D eigenvalue weighted by atomic mass is 9.63. The van der Waals surface area contributed by atoms with Crippen molar-refractivity contribution in [3.05, 3.63) is 81.2 Å². The molecule has 1 amide bonds. The summed E-state index contributed by atoms with van der Waals surface area (Å²) in [4.78, 5) is 41.7. The number of benzene rings is 2. The SMILES string of the molecule is COc1cc(C2C3=C(CC(C)(C)CC3=O)N(Cc3ccccc3)C3=C2C(=O)CC(C)(C)C3)cc(Cl)c1OCC(N)=O. The van der Waals surface area contributed by atoms with Gasteiger partial charge in [0.15, 0.2) is 29.7 Å².